The van der Waals surface area contributed by atoms with Gasteiger partial charge in [0.25, 0.3) is 0 Å². The maximum absolute atomic E-state index is 8.89. The van der Waals surface area contributed by atoms with Gasteiger partial charge in [-0.2, -0.15) is 5.26 Å². The first-order chi connectivity index (χ1) is 8.24. The smallest absolute Gasteiger partial charge is 0.184 e. The Hall–Kier alpha value is -1.73. The van der Waals surface area contributed by atoms with Gasteiger partial charge in [0, 0.05) is 0 Å². The summed E-state index contributed by atoms with van der Waals surface area (Å²) in [5.74, 6) is 1.24. The number of methoxy groups -OCH3 is 1. The third-order valence-electron chi connectivity index (χ3n) is 2.45. The molecule has 92 valence electrons. The monoisotopic (exact) mass is 234 g/mol. The van der Waals surface area contributed by atoms with E-state index in [1.165, 1.54) is 0 Å². The van der Waals surface area contributed by atoms with E-state index in [-0.39, 0.29) is 0 Å². The molecule has 1 aromatic rings. The third-order valence-corrected chi connectivity index (χ3v) is 2.45. The number of ether oxygens (including phenoxy) is 2. The lowest BCUT2D eigenvalue weighted by atomic mass is 10.1. The molecule has 4 nitrogen and oxygen atoms in total. The van der Waals surface area contributed by atoms with Crippen molar-refractivity contribution in [2.24, 2.45) is 5.73 Å². The molecule has 0 saturated heterocycles. The highest BCUT2D eigenvalue weighted by Gasteiger charge is 2.11. The summed E-state index contributed by atoms with van der Waals surface area (Å²) in [6.07, 6.45) is 0.974. The Balaban J connectivity index is 2.93. The van der Waals surface area contributed by atoms with Gasteiger partial charge in [-0.05, 0) is 37.1 Å². The van der Waals surface area contributed by atoms with Crippen LogP contribution in [0.4, 0.5) is 0 Å². The van der Waals surface area contributed by atoms with Gasteiger partial charge in [-0.25, -0.2) is 0 Å². The summed E-state index contributed by atoms with van der Waals surface area (Å²) in [5.41, 5.74) is 6.59. The molecule has 1 unspecified atom stereocenters. The maximum atomic E-state index is 8.89. The van der Waals surface area contributed by atoms with Gasteiger partial charge in [0.05, 0.1) is 7.11 Å². The molecule has 0 amide bonds. The van der Waals surface area contributed by atoms with Crippen LogP contribution in [-0.2, 0) is 6.42 Å². The molecule has 0 radical (unpaired) electrons. The highest BCUT2D eigenvalue weighted by molar-refractivity contribution is 5.43. The zero-order valence-corrected chi connectivity index (χ0v) is 10.3. The van der Waals surface area contributed by atoms with Crippen molar-refractivity contribution in [3.8, 4) is 17.6 Å². The summed E-state index contributed by atoms with van der Waals surface area (Å²) in [6.45, 7) is 2.49. The van der Waals surface area contributed by atoms with Crippen molar-refractivity contribution < 1.29 is 9.47 Å². The van der Waals surface area contributed by atoms with Gasteiger partial charge >= 0.3 is 0 Å². The van der Waals surface area contributed by atoms with Crippen molar-refractivity contribution in [3.63, 3.8) is 0 Å². The van der Waals surface area contributed by atoms with Gasteiger partial charge < -0.3 is 15.2 Å². The zero-order valence-electron chi connectivity index (χ0n) is 10.3. The number of hydrogen-bond donors (Lipinski definition) is 1. The van der Waals surface area contributed by atoms with Crippen molar-refractivity contribution in [3.05, 3.63) is 23.8 Å². The Morgan fingerprint density at radius 2 is 2.18 bits per heavy atom. The average Bonchev–Trinajstić information content (AvgIpc) is 2.36. The Morgan fingerprint density at radius 3 is 2.71 bits per heavy atom. The second-order valence-corrected chi connectivity index (χ2v) is 3.67. The molecule has 4 heteroatoms. The van der Waals surface area contributed by atoms with Gasteiger partial charge in [0.2, 0.25) is 0 Å². The largest absolute Gasteiger partial charge is 0.493 e. The van der Waals surface area contributed by atoms with E-state index < -0.39 is 6.10 Å². The number of hydrogen-bond acceptors (Lipinski definition) is 4. The van der Waals surface area contributed by atoms with E-state index >= 15 is 0 Å². The van der Waals surface area contributed by atoms with E-state index in [0.717, 1.165) is 12.0 Å². The molecule has 0 aliphatic rings. The Kier molecular flexibility index (Phi) is 5.31. The molecule has 2 N–H and O–H groups in total. The van der Waals surface area contributed by atoms with Crippen LogP contribution in [0.1, 0.15) is 18.9 Å². The Morgan fingerprint density at radius 1 is 1.41 bits per heavy atom. The average molecular weight is 234 g/mol. The van der Waals surface area contributed by atoms with Crippen LogP contribution in [0, 0.1) is 11.3 Å². The minimum Gasteiger partial charge on any atom is -0.493 e. The van der Waals surface area contributed by atoms with Crippen molar-refractivity contribution in [2.75, 3.05) is 13.7 Å². The van der Waals surface area contributed by atoms with Crippen LogP contribution in [0.3, 0.4) is 0 Å². The molecule has 1 atom stereocenters. The predicted molar refractivity (Wildman–Crippen MR) is 66.1 cm³/mol. The van der Waals surface area contributed by atoms with Crippen LogP contribution in [0.5, 0.6) is 11.5 Å². The lowest BCUT2D eigenvalue weighted by molar-refractivity contribution is 0.238. The van der Waals surface area contributed by atoms with Crippen molar-refractivity contribution >= 4 is 0 Å². The lowest BCUT2D eigenvalue weighted by Crippen LogP contribution is -2.13. The fourth-order valence-electron chi connectivity index (χ4n) is 1.49. The first-order valence-electron chi connectivity index (χ1n) is 5.68. The van der Waals surface area contributed by atoms with Crippen molar-refractivity contribution in [1.82, 2.24) is 0 Å². The second-order valence-electron chi connectivity index (χ2n) is 3.67. The normalized spacial score (nSPS) is 11.6. The SMILES string of the molecule is CCC(C#N)Oc1cc(CCN)ccc1OC. The highest BCUT2D eigenvalue weighted by atomic mass is 16.5. The van der Waals surface area contributed by atoms with Crippen LogP contribution < -0.4 is 15.2 Å². The summed E-state index contributed by atoms with van der Waals surface area (Å²) in [7, 11) is 1.58. The van der Waals surface area contributed by atoms with E-state index in [4.69, 9.17) is 20.5 Å². The minimum atomic E-state index is -0.447. The van der Waals surface area contributed by atoms with Gasteiger partial charge in [-0.15, -0.1) is 0 Å². The van der Waals surface area contributed by atoms with Gasteiger partial charge in [0.1, 0.15) is 6.07 Å². The molecular formula is C13H18N2O2. The first-order valence-corrected chi connectivity index (χ1v) is 5.68. The molecule has 1 rings (SSSR count). The maximum Gasteiger partial charge on any atom is 0.184 e. The van der Waals surface area contributed by atoms with E-state index in [0.29, 0.717) is 24.5 Å². The van der Waals surface area contributed by atoms with Crippen molar-refractivity contribution in [1.29, 1.82) is 5.26 Å². The van der Waals surface area contributed by atoms with E-state index in [9.17, 15) is 0 Å². The van der Waals surface area contributed by atoms with E-state index in [1.807, 2.05) is 25.1 Å². The molecule has 1 aromatic carbocycles. The summed E-state index contributed by atoms with van der Waals surface area (Å²) in [4.78, 5) is 0. The fraction of sp³-hybridized carbons (Fsp3) is 0.462. The third kappa shape index (κ3) is 3.65. The molecule has 0 fully saturated rings. The molecule has 0 aromatic heterocycles. The molecular weight excluding hydrogens is 216 g/mol. The van der Waals surface area contributed by atoms with Crippen LogP contribution in [-0.4, -0.2) is 19.8 Å². The quantitative estimate of drug-likeness (QED) is 0.816. The molecule has 17 heavy (non-hydrogen) atoms. The first kappa shape index (κ1) is 13.3. The topological polar surface area (TPSA) is 68.3 Å². The van der Waals surface area contributed by atoms with Crippen LogP contribution in [0.15, 0.2) is 18.2 Å². The minimum absolute atomic E-state index is 0.447. The second kappa shape index (κ2) is 6.77. The summed E-state index contributed by atoms with van der Waals surface area (Å²) < 4.78 is 10.8. The number of nitrogens with zero attached hydrogens (tertiary/aromatic N) is 1. The van der Waals surface area contributed by atoms with Gasteiger partial charge in [0.15, 0.2) is 17.6 Å². The highest BCUT2D eigenvalue weighted by Crippen LogP contribution is 2.29. The van der Waals surface area contributed by atoms with Crippen molar-refractivity contribution in [2.45, 2.75) is 25.9 Å². The summed E-state index contributed by atoms with van der Waals surface area (Å²) >= 11 is 0. The Labute approximate surface area is 102 Å². The molecule has 0 aliphatic carbocycles. The number of benzene rings is 1. The van der Waals surface area contributed by atoms with E-state index in [2.05, 4.69) is 6.07 Å². The van der Waals surface area contributed by atoms with Crippen LogP contribution in [0.2, 0.25) is 0 Å². The summed E-state index contributed by atoms with van der Waals surface area (Å²) in [6, 6.07) is 7.77. The molecule has 0 heterocycles. The molecule has 0 spiro atoms. The number of nitriles is 1. The zero-order chi connectivity index (χ0) is 12.7. The molecule has 0 bridgehead atoms. The predicted octanol–water partition coefficient (Wildman–Crippen LogP) is 1.88. The molecule has 0 aliphatic heterocycles. The van der Waals surface area contributed by atoms with Crippen LogP contribution >= 0.6 is 0 Å². The Bertz CT molecular complexity index is 399. The number of rotatable bonds is 6. The number of nitrogens with two attached hydrogens (primary N) is 1. The summed E-state index contributed by atoms with van der Waals surface area (Å²) in [5, 5.41) is 8.89. The van der Waals surface area contributed by atoms with Gasteiger partial charge in [-0.3, -0.25) is 0 Å². The molecule has 0 saturated carbocycles. The fourth-order valence-corrected chi connectivity index (χ4v) is 1.49. The van der Waals surface area contributed by atoms with E-state index in [1.54, 1.807) is 7.11 Å². The van der Waals surface area contributed by atoms with Gasteiger partial charge in [-0.1, -0.05) is 13.0 Å². The standard InChI is InChI=1S/C13H18N2O2/c1-3-11(9-15)17-13-8-10(6-7-14)4-5-12(13)16-2/h4-5,8,11H,3,6-7,14H2,1-2H3. The van der Waals surface area contributed by atoms with Crippen LogP contribution in [0.25, 0.3) is 0 Å². The lowest BCUT2D eigenvalue weighted by Gasteiger charge is -2.14.